The van der Waals surface area contributed by atoms with Gasteiger partial charge in [0, 0.05) is 0 Å². The van der Waals surface area contributed by atoms with Crippen molar-refractivity contribution >= 4 is 28.7 Å². The van der Waals surface area contributed by atoms with Crippen LogP contribution in [0.3, 0.4) is 0 Å². The van der Waals surface area contributed by atoms with Crippen molar-refractivity contribution in [3.63, 3.8) is 0 Å². The van der Waals surface area contributed by atoms with E-state index >= 15 is 0 Å². The van der Waals surface area contributed by atoms with Crippen molar-refractivity contribution in [2.24, 2.45) is 5.10 Å². The molecule has 1 aromatic carbocycles. The van der Waals surface area contributed by atoms with Gasteiger partial charge in [-0.1, -0.05) is 41.2 Å². The second-order valence-corrected chi connectivity index (χ2v) is 5.20. The summed E-state index contributed by atoms with van der Waals surface area (Å²) in [7, 11) is 1.35. The second kappa shape index (κ2) is 6.29. The highest BCUT2D eigenvalue weighted by Crippen LogP contribution is 2.23. The summed E-state index contributed by atoms with van der Waals surface area (Å²) in [6.07, 6.45) is 1.70. The molecule has 0 bridgehead atoms. The van der Waals surface area contributed by atoms with Crippen LogP contribution in [0.15, 0.2) is 29.4 Å². The summed E-state index contributed by atoms with van der Waals surface area (Å²) in [6, 6.07) is 8.00. The minimum Gasteiger partial charge on any atom is -0.465 e. The number of ether oxygens (including phenoxy) is 1. The van der Waals surface area contributed by atoms with Gasteiger partial charge in [-0.05, 0) is 19.4 Å². The number of benzene rings is 1. The number of hydrogen-bond acceptors (Lipinski definition) is 6. The average molecular weight is 289 g/mol. The number of aryl methyl sites for hydroxylation is 2. The lowest BCUT2D eigenvalue weighted by Gasteiger charge is -1.95. The van der Waals surface area contributed by atoms with Gasteiger partial charge in [-0.15, -0.1) is 0 Å². The fourth-order valence-corrected chi connectivity index (χ4v) is 2.38. The maximum absolute atomic E-state index is 11.5. The van der Waals surface area contributed by atoms with Crippen LogP contribution >= 0.6 is 11.3 Å². The number of carbonyl (C=O) groups excluding carboxylic acids is 1. The van der Waals surface area contributed by atoms with Crippen molar-refractivity contribution in [1.82, 2.24) is 4.98 Å². The number of esters is 1. The number of hydrogen-bond donors (Lipinski definition) is 1. The Balaban J connectivity index is 2.04. The molecule has 1 heterocycles. The number of nitrogens with zero attached hydrogens (tertiary/aromatic N) is 2. The molecule has 0 aliphatic heterocycles. The molecule has 0 unspecified atom stereocenters. The zero-order chi connectivity index (χ0) is 14.5. The van der Waals surface area contributed by atoms with Crippen molar-refractivity contribution < 1.29 is 9.53 Å². The summed E-state index contributed by atoms with van der Waals surface area (Å²) in [6.45, 7) is 3.80. The third kappa shape index (κ3) is 3.42. The lowest BCUT2D eigenvalue weighted by Crippen LogP contribution is -1.99. The summed E-state index contributed by atoms with van der Waals surface area (Å²) in [5.74, 6) is -0.379. The molecule has 0 saturated heterocycles. The molecule has 20 heavy (non-hydrogen) atoms. The van der Waals surface area contributed by atoms with Crippen molar-refractivity contribution in [3.05, 3.63) is 46.0 Å². The van der Waals surface area contributed by atoms with E-state index in [9.17, 15) is 4.79 Å². The first kappa shape index (κ1) is 14.2. The van der Waals surface area contributed by atoms with Crippen molar-refractivity contribution in [2.75, 3.05) is 12.5 Å². The van der Waals surface area contributed by atoms with Gasteiger partial charge in [-0.25, -0.2) is 9.78 Å². The van der Waals surface area contributed by atoms with Gasteiger partial charge in [0.15, 0.2) is 0 Å². The Kier molecular flexibility index (Phi) is 4.47. The predicted molar refractivity (Wildman–Crippen MR) is 80.6 cm³/mol. The number of aromatic nitrogens is 1. The Morgan fingerprint density at radius 1 is 1.35 bits per heavy atom. The van der Waals surface area contributed by atoms with E-state index in [2.05, 4.69) is 20.2 Å². The highest BCUT2D eigenvalue weighted by Gasteiger charge is 2.15. The van der Waals surface area contributed by atoms with Crippen LogP contribution in [0.5, 0.6) is 0 Å². The van der Waals surface area contributed by atoms with Gasteiger partial charge in [0.2, 0.25) is 5.13 Å². The number of methoxy groups -OCH3 is 1. The van der Waals surface area contributed by atoms with Gasteiger partial charge in [0.1, 0.15) is 4.88 Å². The van der Waals surface area contributed by atoms with E-state index in [-0.39, 0.29) is 5.97 Å². The Bertz CT molecular complexity index is 632. The first-order chi connectivity index (χ1) is 9.60. The Labute approximate surface area is 121 Å². The number of carbonyl (C=O) groups is 1. The number of nitrogens with one attached hydrogen (secondary N) is 1. The van der Waals surface area contributed by atoms with E-state index < -0.39 is 0 Å². The van der Waals surface area contributed by atoms with Gasteiger partial charge in [0.25, 0.3) is 0 Å². The molecule has 1 aromatic heterocycles. The zero-order valence-corrected chi connectivity index (χ0v) is 12.3. The SMILES string of the molecule is COC(=O)c1sc(N/N=C\c2ccc(C)cc2)nc1C. The third-order valence-corrected chi connectivity index (χ3v) is 3.66. The Morgan fingerprint density at radius 3 is 2.70 bits per heavy atom. The lowest BCUT2D eigenvalue weighted by atomic mass is 10.2. The average Bonchev–Trinajstić information content (AvgIpc) is 2.81. The minimum absolute atomic E-state index is 0.379. The van der Waals surface area contributed by atoms with E-state index in [4.69, 9.17) is 0 Å². The maximum Gasteiger partial charge on any atom is 0.350 e. The van der Waals surface area contributed by atoms with E-state index in [1.807, 2.05) is 31.2 Å². The molecule has 104 valence electrons. The quantitative estimate of drug-likeness (QED) is 0.534. The Hall–Kier alpha value is -2.21. The second-order valence-electron chi connectivity index (χ2n) is 4.21. The van der Waals surface area contributed by atoms with Gasteiger partial charge in [-0.2, -0.15) is 5.10 Å². The summed E-state index contributed by atoms with van der Waals surface area (Å²) < 4.78 is 4.68. The number of anilines is 1. The van der Waals surface area contributed by atoms with Crippen molar-refractivity contribution in [3.8, 4) is 0 Å². The van der Waals surface area contributed by atoms with E-state index in [1.165, 1.54) is 24.0 Å². The summed E-state index contributed by atoms with van der Waals surface area (Å²) >= 11 is 1.22. The van der Waals surface area contributed by atoms with Crippen LogP contribution < -0.4 is 5.43 Å². The Morgan fingerprint density at radius 2 is 2.05 bits per heavy atom. The van der Waals surface area contributed by atoms with Crippen LogP contribution in [0.4, 0.5) is 5.13 Å². The fourth-order valence-electron chi connectivity index (χ4n) is 1.54. The molecule has 0 amide bonds. The third-order valence-electron chi connectivity index (χ3n) is 2.62. The fraction of sp³-hybridized carbons (Fsp3) is 0.214. The molecule has 2 aromatic rings. The maximum atomic E-state index is 11.5. The highest BCUT2D eigenvalue weighted by atomic mass is 32.1. The van der Waals surface area contributed by atoms with Gasteiger partial charge >= 0.3 is 5.97 Å². The normalized spacial score (nSPS) is 10.8. The topological polar surface area (TPSA) is 63.6 Å². The molecule has 1 N–H and O–H groups in total. The molecule has 0 fully saturated rings. The van der Waals surface area contributed by atoms with E-state index in [0.29, 0.717) is 15.7 Å². The van der Waals surface area contributed by atoms with Crippen molar-refractivity contribution in [1.29, 1.82) is 0 Å². The molecule has 0 radical (unpaired) electrons. The van der Waals surface area contributed by atoms with E-state index in [0.717, 1.165) is 5.56 Å². The smallest absolute Gasteiger partial charge is 0.350 e. The number of rotatable bonds is 4. The zero-order valence-electron chi connectivity index (χ0n) is 11.5. The molecule has 0 atom stereocenters. The lowest BCUT2D eigenvalue weighted by molar-refractivity contribution is 0.0605. The summed E-state index contributed by atoms with van der Waals surface area (Å²) in [5, 5.41) is 4.66. The van der Waals surface area contributed by atoms with Crippen LogP contribution in [-0.2, 0) is 4.74 Å². The molecule has 0 saturated carbocycles. The van der Waals surface area contributed by atoms with Crippen LogP contribution in [-0.4, -0.2) is 24.3 Å². The monoisotopic (exact) mass is 289 g/mol. The largest absolute Gasteiger partial charge is 0.465 e. The van der Waals surface area contributed by atoms with Crippen LogP contribution in [0.25, 0.3) is 0 Å². The van der Waals surface area contributed by atoms with Crippen LogP contribution in [0, 0.1) is 13.8 Å². The first-order valence-electron chi connectivity index (χ1n) is 6.01. The number of hydrazone groups is 1. The molecule has 0 spiro atoms. The van der Waals surface area contributed by atoms with Gasteiger partial charge < -0.3 is 4.74 Å². The highest BCUT2D eigenvalue weighted by molar-refractivity contribution is 7.17. The molecular formula is C14H15N3O2S. The first-order valence-corrected chi connectivity index (χ1v) is 6.83. The summed E-state index contributed by atoms with van der Waals surface area (Å²) in [4.78, 5) is 16.2. The van der Waals surface area contributed by atoms with Crippen molar-refractivity contribution in [2.45, 2.75) is 13.8 Å². The van der Waals surface area contributed by atoms with Crippen LogP contribution in [0.1, 0.15) is 26.5 Å². The minimum atomic E-state index is -0.379. The molecule has 0 aliphatic carbocycles. The molecule has 5 nitrogen and oxygen atoms in total. The molecule has 6 heteroatoms. The summed E-state index contributed by atoms with van der Waals surface area (Å²) in [5.41, 5.74) is 5.64. The standard InChI is InChI=1S/C14H15N3O2S/c1-9-4-6-11(7-5-9)8-15-17-14-16-10(2)12(20-14)13(18)19-3/h4-8H,1-3H3,(H,16,17)/b15-8-. The van der Waals surface area contributed by atoms with Gasteiger partial charge in [-0.3, -0.25) is 5.43 Å². The molecule has 2 rings (SSSR count). The van der Waals surface area contributed by atoms with E-state index in [1.54, 1.807) is 13.1 Å². The molecular weight excluding hydrogens is 274 g/mol. The number of thiazole rings is 1. The molecule has 0 aliphatic rings. The predicted octanol–water partition coefficient (Wildman–Crippen LogP) is 2.99. The van der Waals surface area contributed by atoms with Gasteiger partial charge in [0.05, 0.1) is 19.0 Å². The van der Waals surface area contributed by atoms with Crippen LogP contribution in [0.2, 0.25) is 0 Å².